The van der Waals surface area contributed by atoms with Crippen LogP contribution < -0.4 is 5.73 Å². The van der Waals surface area contributed by atoms with Crippen LogP contribution in [0.5, 0.6) is 0 Å². The Hall–Kier alpha value is -1.55. The lowest BCUT2D eigenvalue weighted by Crippen LogP contribution is -2.40. The van der Waals surface area contributed by atoms with Crippen LogP contribution in [0.15, 0.2) is 30.3 Å². The van der Waals surface area contributed by atoms with Crippen LogP contribution >= 0.6 is 0 Å². The van der Waals surface area contributed by atoms with Crippen LogP contribution in [-0.4, -0.2) is 30.7 Å². The monoisotopic (exact) mass is 250 g/mol. The summed E-state index contributed by atoms with van der Waals surface area (Å²) < 4.78 is 4.92. The van der Waals surface area contributed by atoms with Crippen LogP contribution in [0.3, 0.4) is 0 Å². The van der Waals surface area contributed by atoms with E-state index in [-0.39, 0.29) is 6.04 Å². The number of carbonyl (C=O) groups is 1. The number of carbonyl (C=O) groups excluding carboxylic acids is 1. The molecule has 0 saturated heterocycles. The lowest BCUT2D eigenvalue weighted by atomic mass is 10.0. The molecular formula is C14H22N2O2. The van der Waals surface area contributed by atoms with E-state index in [0.29, 0.717) is 12.5 Å². The average Bonchev–Trinajstić information content (AvgIpc) is 2.29. The van der Waals surface area contributed by atoms with Crippen LogP contribution in [-0.2, 0) is 11.3 Å². The van der Waals surface area contributed by atoms with Crippen molar-refractivity contribution in [3.63, 3.8) is 0 Å². The third-order valence-corrected chi connectivity index (χ3v) is 3.01. The van der Waals surface area contributed by atoms with E-state index in [1.807, 2.05) is 25.2 Å². The van der Waals surface area contributed by atoms with Crippen molar-refractivity contribution in [3.05, 3.63) is 35.9 Å². The molecule has 100 valence electrons. The lowest BCUT2D eigenvalue weighted by molar-refractivity contribution is 0.0833. The van der Waals surface area contributed by atoms with Crippen molar-refractivity contribution in [1.29, 1.82) is 0 Å². The average molecular weight is 250 g/mol. The van der Waals surface area contributed by atoms with Crippen LogP contribution in [0.25, 0.3) is 0 Å². The predicted octanol–water partition coefficient (Wildman–Crippen LogP) is 2.24. The van der Waals surface area contributed by atoms with Gasteiger partial charge in [-0.15, -0.1) is 0 Å². The summed E-state index contributed by atoms with van der Waals surface area (Å²) in [6.45, 7) is 5.37. The first kappa shape index (κ1) is 14.5. The summed E-state index contributed by atoms with van der Waals surface area (Å²) in [7, 11) is 2.03. The van der Waals surface area contributed by atoms with Crippen molar-refractivity contribution >= 4 is 6.09 Å². The van der Waals surface area contributed by atoms with E-state index in [2.05, 4.69) is 30.9 Å². The second kappa shape index (κ2) is 7.01. The summed E-state index contributed by atoms with van der Waals surface area (Å²) in [4.78, 5) is 12.9. The number of likely N-dealkylation sites (N-methyl/N-ethyl adjacent to an activating group) is 1. The number of hydrogen-bond donors (Lipinski definition) is 1. The van der Waals surface area contributed by atoms with Crippen molar-refractivity contribution in [2.24, 2.45) is 11.7 Å². The third kappa shape index (κ3) is 4.75. The van der Waals surface area contributed by atoms with Gasteiger partial charge in [0.2, 0.25) is 0 Å². The molecule has 1 aromatic carbocycles. The number of hydrogen-bond acceptors (Lipinski definition) is 3. The third-order valence-electron chi connectivity index (χ3n) is 3.01. The molecule has 1 amide bonds. The summed E-state index contributed by atoms with van der Waals surface area (Å²) in [6, 6.07) is 10.4. The molecule has 1 rings (SSSR count). The van der Waals surface area contributed by atoms with Gasteiger partial charge < -0.3 is 10.5 Å². The number of primary amides is 1. The minimum Gasteiger partial charge on any atom is -0.448 e. The summed E-state index contributed by atoms with van der Waals surface area (Å²) in [5, 5.41) is 0. The van der Waals surface area contributed by atoms with Gasteiger partial charge in [-0.2, -0.15) is 0 Å². The largest absolute Gasteiger partial charge is 0.448 e. The number of amides is 1. The zero-order valence-corrected chi connectivity index (χ0v) is 11.3. The van der Waals surface area contributed by atoms with Crippen molar-refractivity contribution < 1.29 is 9.53 Å². The standard InChI is InChI=1S/C14H22N2O2/c1-11(2)13(10-18-14(15)17)16(3)9-12-7-5-4-6-8-12/h4-8,11,13H,9-10H2,1-3H3,(H2,15,17). The molecule has 0 spiro atoms. The lowest BCUT2D eigenvalue weighted by Gasteiger charge is -2.30. The highest BCUT2D eigenvalue weighted by Gasteiger charge is 2.20. The second-order valence-corrected chi connectivity index (χ2v) is 4.84. The molecule has 0 saturated carbocycles. The molecule has 4 heteroatoms. The molecule has 0 aliphatic carbocycles. The predicted molar refractivity (Wildman–Crippen MR) is 72.1 cm³/mol. The maximum atomic E-state index is 10.7. The normalized spacial score (nSPS) is 12.7. The summed E-state index contributed by atoms with van der Waals surface area (Å²) in [5.74, 6) is 0.387. The van der Waals surface area contributed by atoms with Gasteiger partial charge in [-0.3, -0.25) is 4.90 Å². The molecule has 1 atom stereocenters. The van der Waals surface area contributed by atoms with E-state index in [1.54, 1.807) is 0 Å². The highest BCUT2D eigenvalue weighted by Crippen LogP contribution is 2.13. The molecule has 0 radical (unpaired) electrons. The Bertz CT molecular complexity index is 365. The maximum Gasteiger partial charge on any atom is 0.404 e. The van der Waals surface area contributed by atoms with Crippen molar-refractivity contribution in [1.82, 2.24) is 4.90 Å². The van der Waals surface area contributed by atoms with E-state index < -0.39 is 6.09 Å². The molecule has 0 aromatic heterocycles. The summed E-state index contributed by atoms with van der Waals surface area (Å²) >= 11 is 0. The molecule has 2 N–H and O–H groups in total. The van der Waals surface area contributed by atoms with Gasteiger partial charge in [0.1, 0.15) is 6.61 Å². The summed E-state index contributed by atoms with van der Waals surface area (Å²) in [6.07, 6.45) is -0.714. The fourth-order valence-electron chi connectivity index (χ4n) is 1.98. The molecular weight excluding hydrogens is 228 g/mol. The Balaban J connectivity index is 2.59. The van der Waals surface area contributed by atoms with E-state index in [1.165, 1.54) is 5.56 Å². The molecule has 0 heterocycles. The molecule has 4 nitrogen and oxygen atoms in total. The minimum atomic E-state index is -0.714. The first-order valence-corrected chi connectivity index (χ1v) is 6.17. The highest BCUT2D eigenvalue weighted by atomic mass is 16.5. The van der Waals surface area contributed by atoms with Gasteiger partial charge in [0.05, 0.1) is 0 Å². The SMILES string of the molecule is CC(C)C(COC(N)=O)N(C)Cc1ccccc1. The first-order chi connectivity index (χ1) is 8.50. The van der Waals surface area contributed by atoms with Crippen molar-refractivity contribution in [2.45, 2.75) is 26.4 Å². The smallest absolute Gasteiger partial charge is 0.404 e. The van der Waals surface area contributed by atoms with Gasteiger partial charge in [0, 0.05) is 12.6 Å². The number of rotatable bonds is 6. The zero-order chi connectivity index (χ0) is 13.5. The van der Waals surface area contributed by atoms with Gasteiger partial charge in [0.25, 0.3) is 0 Å². The van der Waals surface area contributed by atoms with Crippen LogP contribution in [0.4, 0.5) is 4.79 Å². The second-order valence-electron chi connectivity index (χ2n) is 4.84. The maximum absolute atomic E-state index is 10.7. The molecule has 0 bridgehead atoms. The Morgan fingerprint density at radius 3 is 2.44 bits per heavy atom. The van der Waals surface area contributed by atoms with Gasteiger partial charge in [-0.05, 0) is 18.5 Å². The quantitative estimate of drug-likeness (QED) is 0.842. The Labute approximate surface area is 109 Å². The van der Waals surface area contributed by atoms with Crippen molar-refractivity contribution in [2.75, 3.05) is 13.7 Å². The molecule has 1 unspecified atom stereocenters. The fraction of sp³-hybridized carbons (Fsp3) is 0.500. The van der Waals surface area contributed by atoms with E-state index in [9.17, 15) is 4.79 Å². The number of benzene rings is 1. The van der Waals surface area contributed by atoms with E-state index >= 15 is 0 Å². The zero-order valence-electron chi connectivity index (χ0n) is 11.3. The van der Waals surface area contributed by atoms with E-state index in [0.717, 1.165) is 6.54 Å². The van der Waals surface area contributed by atoms with Crippen LogP contribution in [0.2, 0.25) is 0 Å². The first-order valence-electron chi connectivity index (χ1n) is 6.17. The Morgan fingerprint density at radius 1 is 1.33 bits per heavy atom. The van der Waals surface area contributed by atoms with Crippen molar-refractivity contribution in [3.8, 4) is 0 Å². The van der Waals surface area contributed by atoms with E-state index in [4.69, 9.17) is 10.5 Å². The molecule has 0 aliphatic rings. The molecule has 0 aliphatic heterocycles. The minimum absolute atomic E-state index is 0.165. The highest BCUT2D eigenvalue weighted by molar-refractivity contribution is 5.64. The number of nitrogens with zero attached hydrogens (tertiary/aromatic N) is 1. The van der Waals surface area contributed by atoms with Crippen LogP contribution in [0.1, 0.15) is 19.4 Å². The van der Waals surface area contributed by atoms with Gasteiger partial charge in [-0.25, -0.2) is 4.79 Å². The Kier molecular flexibility index (Phi) is 5.65. The molecule has 0 fully saturated rings. The van der Waals surface area contributed by atoms with Gasteiger partial charge >= 0.3 is 6.09 Å². The topological polar surface area (TPSA) is 55.6 Å². The summed E-state index contributed by atoms with van der Waals surface area (Å²) in [5.41, 5.74) is 6.25. The number of nitrogens with two attached hydrogens (primary N) is 1. The van der Waals surface area contributed by atoms with Gasteiger partial charge in [0.15, 0.2) is 0 Å². The molecule has 1 aromatic rings. The number of ether oxygens (including phenoxy) is 1. The fourth-order valence-corrected chi connectivity index (χ4v) is 1.98. The van der Waals surface area contributed by atoms with Crippen LogP contribution in [0, 0.1) is 5.92 Å². The van der Waals surface area contributed by atoms with Gasteiger partial charge in [-0.1, -0.05) is 44.2 Å². The Morgan fingerprint density at radius 2 is 1.94 bits per heavy atom. The molecule has 18 heavy (non-hydrogen) atoms.